The maximum absolute atomic E-state index is 16.0. The molecule has 13 rings (SSSR count). The molecule has 0 spiro atoms. The van der Waals surface area contributed by atoms with Gasteiger partial charge in [-0.05, 0) is 0 Å². The third-order valence-corrected chi connectivity index (χ3v) is 45.5. The highest BCUT2D eigenvalue weighted by Gasteiger charge is 2.78. The van der Waals surface area contributed by atoms with Crippen LogP contribution in [0, 0.1) is 0 Å². The maximum Gasteiger partial charge on any atom is 0.419 e. The Balaban J connectivity index is 0.000000194. The van der Waals surface area contributed by atoms with E-state index in [1.165, 1.54) is 98.9 Å². The standard InChI is InChI=1S/C25H34F2N4O16P4S2.C24H35N7O13P2S.C12H20N2O10P2S/c1-38-15-13(44-19(17(15)40-3)23-30-11(7-52-23)21(28)32)5-42-50(36)10-48(34)9-49(35,47-50)25(26,27)51(37,46-48)43-6-14-16(39-2)18(41-4)20(45-14)24-31-12(8-53-24)22(29)33;1-37-14-11(43-18(16(14)39-3)23-30-13-20(25)27-8-28-22(13)31-23)5-41-45(33,34)9-46(35,36)42-6-12-15(38-2)17(40-4)19(44-12)24-29-10(7-47-24)21(26)32;1-21-8-7(3-23-26(19,20)5-25(16,17)18)24-10(9(8)22-2)12-14-6(4-27-12)11(13)15/h7-8,13-20H,5-6,9-10H2,1-4H3,(H2,28,32)(H2,29,33);7-8,11-12,14-19H,5-6,9H2,1-4H3,(H2,26,32)(H,33,34)(H,35,36)(H3,25,27,28,30,31);4,7-10H,3,5H2,1-2H3,(H2,13,15)(H,19,20)(H2,16,17,18)/t13-,14-,15+,16+,17?,18?,19-,20-,48?,49?,50?,51?;11-,12-,14+,15+,16?,17?,18-,19-;7-,8+,9?,10-/m111/s1. The van der Waals surface area contributed by atoms with Crippen LogP contribution in [0.5, 0.6) is 0 Å². The fraction of sp³-hybridized carbons (Fsp3) is 0.656. The lowest BCUT2D eigenvalue weighted by molar-refractivity contribution is -0.0396. The highest BCUT2D eigenvalue weighted by molar-refractivity contribution is 7.97. The molecule has 0 aliphatic carbocycles. The number of halogens is 2. The number of alkyl halides is 2. The lowest BCUT2D eigenvalue weighted by Crippen LogP contribution is -2.38. The van der Waals surface area contributed by atoms with Crippen LogP contribution >= 0.6 is 106 Å². The number of aromatic amines is 1. The Kier molecular flexibility index (Phi) is 33.8. The summed E-state index contributed by atoms with van der Waals surface area (Å²) in [5.74, 6) is -7.66. The molecular formula is C61H89F2N13O39P8S4. The van der Waals surface area contributed by atoms with Crippen molar-refractivity contribution in [2.24, 2.45) is 22.9 Å². The average molecular weight is 2040 g/mol. The molecule has 6 aromatic heterocycles. The highest BCUT2D eigenvalue weighted by atomic mass is 32.1. The normalized spacial score (nSPS) is 34.2. The van der Waals surface area contributed by atoms with E-state index in [4.69, 9.17) is 141 Å². The van der Waals surface area contributed by atoms with Gasteiger partial charge in [0.25, 0.3) is 31.0 Å². The Labute approximate surface area is 733 Å². The summed E-state index contributed by atoms with van der Waals surface area (Å²) in [6, 6.07) is 0. The van der Waals surface area contributed by atoms with Gasteiger partial charge in [-0.15, -0.1) is 45.3 Å². The topological polar surface area (TPSA) is 745 Å². The Morgan fingerprint density at radius 1 is 0.457 bits per heavy atom. The monoisotopic (exact) mass is 2040 g/mol. The van der Waals surface area contributed by atoms with Crippen molar-refractivity contribution >= 4 is 146 Å². The lowest BCUT2D eigenvalue weighted by atomic mass is 10.1. The summed E-state index contributed by atoms with van der Waals surface area (Å²) in [5.41, 5.74) is 27.7. The average Bonchev–Trinajstić information content (AvgIpc) is 1.46. The minimum Gasteiger partial charge on any atom is -0.382 e. The number of nitrogens with zero attached hydrogens (tertiary/aromatic N) is 7. The zero-order valence-electron chi connectivity index (χ0n) is 67.9. The molecule has 16 N–H and O–H groups in total. The summed E-state index contributed by atoms with van der Waals surface area (Å²) < 4.78 is 256. The molecule has 2 bridgehead atoms. The van der Waals surface area contributed by atoms with Gasteiger partial charge in [0, 0.05) is 92.6 Å². The molecule has 710 valence electrons. The van der Waals surface area contributed by atoms with Gasteiger partial charge in [0.15, 0.2) is 23.3 Å². The van der Waals surface area contributed by atoms with Crippen LogP contribution in [0.1, 0.15) is 98.3 Å². The van der Waals surface area contributed by atoms with E-state index < -0.39 is 268 Å². The van der Waals surface area contributed by atoms with Crippen molar-refractivity contribution in [1.82, 2.24) is 39.9 Å². The molecular weight excluding hydrogens is 1950 g/mol. The number of anilines is 1. The maximum atomic E-state index is 16.0. The van der Waals surface area contributed by atoms with Crippen LogP contribution in [-0.2, 0) is 139 Å². The van der Waals surface area contributed by atoms with Crippen molar-refractivity contribution in [1.29, 1.82) is 0 Å². The molecule has 12 unspecified atom stereocenters. The van der Waals surface area contributed by atoms with Crippen LogP contribution in [0.15, 0.2) is 27.8 Å². The molecule has 7 aliphatic rings. The van der Waals surface area contributed by atoms with E-state index in [1.54, 1.807) is 0 Å². The molecule has 0 radical (unpaired) electrons. The summed E-state index contributed by atoms with van der Waals surface area (Å²) >= 11 is 4.27. The van der Waals surface area contributed by atoms with Crippen LogP contribution in [0.3, 0.4) is 0 Å². The second-order valence-corrected chi connectivity index (χ2v) is 50.7. The summed E-state index contributed by atoms with van der Waals surface area (Å²) in [6.45, 7) is -3.14. The summed E-state index contributed by atoms with van der Waals surface area (Å²) in [5, 5.41) is 2.01. The number of amides is 4. The van der Waals surface area contributed by atoms with Gasteiger partial charge in [0.05, 0.1) is 33.0 Å². The lowest BCUT2D eigenvalue weighted by Gasteiger charge is -2.44. The summed E-state index contributed by atoms with van der Waals surface area (Å²) in [4.78, 5) is 126. The molecule has 6 aromatic rings. The summed E-state index contributed by atoms with van der Waals surface area (Å²) in [7, 11) is -26.5. The van der Waals surface area contributed by atoms with Gasteiger partial charge in [-0.3, -0.25) is 55.7 Å². The van der Waals surface area contributed by atoms with Gasteiger partial charge in [0.1, 0.15) is 194 Å². The number of hydrogen-bond acceptors (Lipinski definition) is 46. The van der Waals surface area contributed by atoms with Crippen LogP contribution in [0.4, 0.5) is 14.6 Å². The Morgan fingerprint density at radius 2 is 0.772 bits per heavy atom. The van der Waals surface area contributed by atoms with Crippen molar-refractivity contribution < 1.29 is 191 Å². The number of fused-ring (bicyclic) bond motifs is 3. The van der Waals surface area contributed by atoms with E-state index in [2.05, 4.69) is 39.9 Å². The first-order valence-electron chi connectivity index (χ1n) is 36.6. The second-order valence-electron chi connectivity index (χ2n) is 28.2. The number of carbonyl (C=O) groups excluding carboxylic acids is 4. The molecule has 7 saturated heterocycles. The minimum absolute atomic E-state index is 0.0335. The fourth-order valence-electron chi connectivity index (χ4n) is 14.3. The predicted molar refractivity (Wildman–Crippen MR) is 433 cm³/mol. The Hall–Kier alpha value is -4.63. The molecule has 66 heteroatoms. The second kappa shape index (κ2) is 41.7. The third-order valence-electron chi connectivity index (χ3n) is 19.9. The number of rotatable bonds is 38. The summed E-state index contributed by atoms with van der Waals surface area (Å²) in [6.07, 6.45) is -16.5. The van der Waals surface area contributed by atoms with E-state index in [-0.39, 0.29) is 38.6 Å². The van der Waals surface area contributed by atoms with Crippen molar-refractivity contribution in [3.05, 3.63) is 76.5 Å². The number of nitrogen functional groups attached to an aromatic ring is 1. The number of aromatic nitrogens is 8. The minimum atomic E-state index is -5.93. The molecule has 0 saturated carbocycles. The largest absolute Gasteiger partial charge is 0.419 e. The van der Waals surface area contributed by atoms with Gasteiger partial charge in [-0.2, -0.15) is 8.78 Å². The van der Waals surface area contributed by atoms with Gasteiger partial charge >= 0.3 is 51.0 Å². The number of H-pyrrole nitrogens is 1. The van der Waals surface area contributed by atoms with Crippen LogP contribution in [0.25, 0.3) is 11.2 Å². The first-order valence-corrected chi connectivity index (χ1v) is 54.2. The van der Waals surface area contributed by atoms with E-state index in [9.17, 15) is 70.4 Å². The first-order chi connectivity index (χ1) is 59.6. The smallest absolute Gasteiger partial charge is 0.382 e. The molecule has 7 aliphatic heterocycles. The van der Waals surface area contributed by atoms with Crippen molar-refractivity contribution in [2.75, 3.05) is 133 Å². The number of hydrogen-bond donors (Lipinski definition) is 11. The Bertz CT molecular complexity index is 5330. The fourth-order valence-corrected chi connectivity index (χ4v) is 40.9. The highest BCUT2D eigenvalue weighted by Crippen LogP contribution is 2.97. The third kappa shape index (κ3) is 23.1. The van der Waals surface area contributed by atoms with Gasteiger partial charge < -0.3 is 152 Å². The molecule has 52 nitrogen and oxygen atoms in total. The number of thiazole rings is 4. The number of ether oxygens (including phenoxy) is 15. The quantitative estimate of drug-likeness (QED) is 0.0238. The zero-order chi connectivity index (χ0) is 93.2. The van der Waals surface area contributed by atoms with Gasteiger partial charge in [-0.1, -0.05) is 0 Å². The number of primary amides is 4. The molecule has 0 aromatic carbocycles. The number of imidazole rings is 1. The number of nitrogens with two attached hydrogens (primary N) is 5. The first kappa shape index (κ1) is 103. The number of methoxy groups -OCH3 is 10. The zero-order valence-corrected chi connectivity index (χ0v) is 78.3. The van der Waals surface area contributed by atoms with Crippen molar-refractivity contribution in [3.63, 3.8) is 0 Å². The van der Waals surface area contributed by atoms with E-state index >= 15 is 8.78 Å². The Morgan fingerprint density at radius 3 is 1.09 bits per heavy atom. The molecule has 7 fully saturated rings. The predicted octanol–water partition coefficient (Wildman–Crippen LogP) is 4.48. The molecule has 4 amide bonds. The SMILES string of the molecule is COC1[C@@H](OC)[C@@H](COP(=O)(O)CP(=O)(O)O)O[C@H]1c1nc(C(N)=O)cs1.COC1[C@@H](OC)[C@@H](COP(=O)(O)CP(=O)(O)OC[C@H]2O[C@@H](c3nc(C(N)=O)cs3)C(OC)[C@H]2OC)O[C@H]1c1nc2ncnc(N)c2[nH]1.COC1[C@@H](OC)[C@@H](COP2(=O)CP3(=O)CP(=O)(O2)C(F)(F)P(=O)(OC[C@H]2O[C@@H](c4nc(C(N)=O)cs4)C(OC)[C@H]2OC)O3)O[C@H]1c1nc(C(N)=O)cs1. The van der Waals surface area contributed by atoms with E-state index in [0.717, 1.165) is 45.3 Å². The van der Waals surface area contributed by atoms with Crippen molar-refractivity contribution in [2.45, 2.75) is 127 Å². The molecule has 27 atom stereocenters. The van der Waals surface area contributed by atoms with Gasteiger partial charge in [0.2, 0.25) is 7.37 Å². The van der Waals surface area contributed by atoms with Gasteiger partial charge in [-0.25, -0.2) is 43.5 Å². The van der Waals surface area contributed by atoms with Crippen LogP contribution in [0.2, 0.25) is 0 Å². The van der Waals surface area contributed by atoms with E-state index in [0.29, 0.717) is 27.0 Å². The van der Waals surface area contributed by atoms with E-state index in [1.807, 2.05) is 0 Å². The van der Waals surface area contributed by atoms with Crippen molar-refractivity contribution in [3.8, 4) is 0 Å². The molecule has 127 heavy (non-hydrogen) atoms. The molecule has 13 heterocycles. The number of carbonyl (C=O) groups is 4. The number of nitrogens with one attached hydrogen (secondary N) is 1. The van der Waals surface area contributed by atoms with Crippen LogP contribution in [-0.4, -0.2) is 313 Å². The van der Waals surface area contributed by atoms with Crippen LogP contribution < -0.4 is 28.7 Å².